The van der Waals surface area contributed by atoms with E-state index in [9.17, 15) is 4.79 Å². The number of carbonyl (C=O) groups excluding carboxylic acids is 1. The first-order valence-corrected chi connectivity index (χ1v) is 3.03. The highest BCUT2D eigenvalue weighted by Crippen LogP contribution is 2.32. The molecule has 0 atom stereocenters. The summed E-state index contributed by atoms with van der Waals surface area (Å²) in [6.45, 7) is 0. The number of hydrogen-bond donors (Lipinski definition) is 0. The van der Waals surface area contributed by atoms with E-state index >= 15 is 0 Å². The van der Waals surface area contributed by atoms with Crippen molar-refractivity contribution in [3.63, 3.8) is 0 Å². The number of methoxy groups -OCH3 is 1. The molecule has 0 bridgehead atoms. The molecule has 55 valence electrons. The molecule has 1 aliphatic rings. The normalized spacial score (nSPS) is 19.6. The molecule has 3 nitrogen and oxygen atoms in total. The maximum Gasteiger partial charge on any atom is 0.315 e. The molecule has 5 radical (unpaired) electrons. The van der Waals surface area contributed by atoms with Crippen molar-refractivity contribution < 1.29 is 9.53 Å². The van der Waals surface area contributed by atoms with Gasteiger partial charge in [0.05, 0.1) is 19.1 Å². The van der Waals surface area contributed by atoms with Gasteiger partial charge in [-0.15, -0.1) is 0 Å². The van der Waals surface area contributed by atoms with E-state index in [0.717, 1.165) is 0 Å². The van der Waals surface area contributed by atoms with E-state index in [4.69, 9.17) is 5.26 Å². The van der Waals surface area contributed by atoms with Crippen LogP contribution in [0.15, 0.2) is 0 Å². The second-order valence-electron chi connectivity index (χ2n) is 1.96. The minimum atomic E-state index is -0.466. The summed E-state index contributed by atoms with van der Waals surface area (Å²) < 4.78 is 4.45. The lowest BCUT2D eigenvalue weighted by Gasteiger charge is -2.06. The van der Waals surface area contributed by atoms with Gasteiger partial charge in [-0.25, -0.2) is 0 Å². The van der Waals surface area contributed by atoms with Crippen molar-refractivity contribution >= 4 is 5.97 Å². The standard InChI is InChI=1S/C8H6NO2/c1-11-8(10)7-4-2-3-6(7)5-9/h2-4H,1H3. The summed E-state index contributed by atoms with van der Waals surface area (Å²) in [6.07, 6.45) is 4.78. The highest BCUT2D eigenvalue weighted by molar-refractivity contribution is 5.94. The van der Waals surface area contributed by atoms with Gasteiger partial charge in [-0.1, -0.05) is 0 Å². The van der Waals surface area contributed by atoms with Crippen molar-refractivity contribution in [2.45, 2.75) is 0 Å². The third-order valence-corrected chi connectivity index (χ3v) is 1.34. The monoisotopic (exact) mass is 148 g/mol. The van der Waals surface area contributed by atoms with Crippen molar-refractivity contribution in [2.75, 3.05) is 7.11 Å². The predicted octanol–water partition coefficient (Wildman–Crippen LogP) is 0.458. The van der Waals surface area contributed by atoms with Gasteiger partial charge in [0.1, 0.15) is 5.92 Å². The average molecular weight is 148 g/mol. The van der Waals surface area contributed by atoms with Gasteiger partial charge in [-0.3, -0.25) is 4.79 Å². The number of nitriles is 1. The van der Waals surface area contributed by atoms with Crippen molar-refractivity contribution in [1.82, 2.24) is 0 Å². The second-order valence-corrected chi connectivity index (χ2v) is 1.96. The van der Waals surface area contributed by atoms with Gasteiger partial charge in [0.2, 0.25) is 0 Å². The molecule has 0 N–H and O–H groups in total. The number of carbonyl (C=O) groups is 1. The largest absolute Gasteiger partial charge is 0.469 e. The number of esters is 1. The zero-order valence-corrected chi connectivity index (χ0v) is 6.00. The SMILES string of the molecule is COC(=O)[C]1[CH][CH][CH][C]1C#N. The molecule has 0 aromatic rings. The van der Waals surface area contributed by atoms with Crippen LogP contribution in [0.2, 0.25) is 0 Å². The summed E-state index contributed by atoms with van der Waals surface area (Å²) in [6, 6.07) is 1.89. The van der Waals surface area contributed by atoms with Crippen LogP contribution in [0, 0.1) is 42.4 Å². The van der Waals surface area contributed by atoms with Crippen LogP contribution in [0.5, 0.6) is 0 Å². The molecule has 0 spiro atoms. The third-order valence-electron chi connectivity index (χ3n) is 1.34. The lowest BCUT2D eigenvalue weighted by molar-refractivity contribution is -0.137. The van der Waals surface area contributed by atoms with Crippen molar-refractivity contribution in [3.05, 3.63) is 31.1 Å². The van der Waals surface area contributed by atoms with Crippen LogP contribution < -0.4 is 0 Å². The highest BCUT2D eigenvalue weighted by atomic mass is 16.5. The number of ether oxygens (including phenoxy) is 1. The van der Waals surface area contributed by atoms with E-state index in [1.54, 1.807) is 19.3 Å². The van der Waals surface area contributed by atoms with Crippen molar-refractivity contribution in [1.29, 1.82) is 5.26 Å². The maximum atomic E-state index is 10.9. The van der Waals surface area contributed by atoms with Crippen LogP contribution in [0.1, 0.15) is 0 Å². The number of hydrogen-bond acceptors (Lipinski definition) is 3. The Morgan fingerprint density at radius 2 is 2.36 bits per heavy atom. The van der Waals surface area contributed by atoms with Gasteiger partial charge >= 0.3 is 5.97 Å². The Kier molecular flexibility index (Phi) is 2.48. The van der Waals surface area contributed by atoms with Gasteiger partial charge < -0.3 is 4.74 Å². The van der Waals surface area contributed by atoms with Crippen LogP contribution in [-0.4, -0.2) is 13.1 Å². The number of rotatable bonds is 1. The van der Waals surface area contributed by atoms with Crippen molar-refractivity contribution in [3.8, 4) is 6.07 Å². The average Bonchev–Trinajstić information content (AvgIpc) is 2.50. The summed E-state index contributed by atoms with van der Waals surface area (Å²) in [7, 11) is 1.29. The Labute approximate surface area is 66.0 Å². The van der Waals surface area contributed by atoms with Crippen molar-refractivity contribution in [2.24, 2.45) is 0 Å². The molecule has 0 saturated heterocycles. The summed E-state index contributed by atoms with van der Waals surface area (Å²) in [5.41, 5.74) is 0. The molecule has 0 amide bonds. The third kappa shape index (κ3) is 1.51. The van der Waals surface area contributed by atoms with Gasteiger partial charge in [0, 0.05) is 0 Å². The van der Waals surface area contributed by atoms with E-state index in [2.05, 4.69) is 4.74 Å². The second kappa shape index (κ2) is 3.38. The van der Waals surface area contributed by atoms with E-state index in [-0.39, 0.29) is 0 Å². The minimum absolute atomic E-state index is 0.329. The summed E-state index contributed by atoms with van der Waals surface area (Å²) >= 11 is 0. The molecule has 0 heterocycles. The van der Waals surface area contributed by atoms with Crippen LogP contribution in [-0.2, 0) is 9.53 Å². The molecule has 3 heteroatoms. The molecule has 0 aliphatic heterocycles. The minimum Gasteiger partial charge on any atom is -0.469 e. The van der Waals surface area contributed by atoms with Gasteiger partial charge in [-0.05, 0) is 19.3 Å². The Morgan fingerprint density at radius 3 is 2.91 bits per heavy atom. The summed E-state index contributed by atoms with van der Waals surface area (Å²) in [5.74, 6) is 0.221. The molecule has 1 saturated carbocycles. The Bertz CT molecular complexity index is 195. The first-order valence-electron chi connectivity index (χ1n) is 3.03. The molecule has 1 rings (SSSR count). The molecule has 1 aliphatic carbocycles. The fourth-order valence-electron chi connectivity index (χ4n) is 0.806. The zero-order chi connectivity index (χ0) is 8.27. The molecule has 0 aromatic heterocycles. The Morgan fingerprint density at radius 1 is 1.64 bits per heavy atom. The fourth-order valence-corrected chi connectivity index (χ4v) is 0.806. The molecular formula is C8H6NO2. The van der Waals surface area contributed by atoms with Crippen LogP contribution in [0.3, 0.4) is 0 Å². The topological polar surface area (TPSA) is 50.1 Å². The molecule has 0 unspecified atom stereocenters. The van der Waals surface area contributed by atoms with Crippen LogP contribution in [0.25, 0.3) is 0 Å². The van der Waals surface area contributed by atoms with E-state index in [1.807, 2.05) is 6.07 Å². The summed E-state index contributed by atoms with van der Waals surface area (Å²) in [5, 5.41) is 8.49. The lowest BCUT2D eigenvalue weighted by Crippen LogP contribution is -2.15. The van der Waals surface area contributed by atoms with Crippen LogP contribution in [0.4, 0.5) is 0 Å². The molecular weight excluding hydrogens is 142 g/mol. The maximum absolute atomic E-state index is 10.9. The molecule has 11 heavy (non-hydrogen) atoms. The lowest BCUT2D eigenvalue weighted by atomic mass is 9.98. The quantitative estimate of drug-likeness (QED) is 0.507. The number of nitrogens with zero attached hydrogens (tertiary/aromatic N) is 1. The van der Waals surface area contributed by atoms with Crippen LogP contribution >= 0.6 is 0 Å². The fraction of sp³-hybridized carbons (Fsp3) is 0.125. The van der Waals surface area contributed by atoms with Gasteiger partial charge in [-0.2, -0.15) is 5.26 Å². The Balaban J connectivity index is 2.58. The smallest absolute Gasteiger partial charge is 0.315 e. The van der Waals surface area contributed by atoms with E-state index < -0.39 is 5.97 Å². The molecule has 0 aromatic carbocycles. The van der Waals surface area contributed by atoms with E-state index in [1.165, 1.54) is 7.11 Å². The van der Waals surface area contributed by atoms with E-state index in [0.29, 0.717) is 11.8 Å². The van der Waals surface area contributed by atoms with Gasteiger partial charge in [0.15, 0.2) is 0 Å². The first-order chi connectivity index (χ1) is 5.29. The highest BCUT2D eigenvalue weighted by Gasteiger charge is 2.36. The zero-order valence-electron chi connectivity index (χ0n) is 6.00. The van der Waals surface area contributed by atoms with Gasteiger partial charge in [0.25, 0.3) is 0 Å². The summed E-state index contributed by atoms with van der Waals surface area (Å²) in [4.78, 5) is 10.9. The predicted molar refractivity (Wildman–Crippen MR) is 37.0 cm³/mol. The molecule has 1 fully saturated rings. The first kappa shape index (κ1) is 8.06. The Hall–Kier alpha value is -1.04.